The van der Waals surface area contributed by atoms with E-state index in [2.05, 4.69) is 10.3 Å². The monoisotopic (exact) mass is 380 g/mol. The molecule has 1 N–H and O–H groups in total. The van der Waals surface area contributed by atoms with Crippen LogP contribution in [0.1, 0.15) is 36.8 Å². The Morgan fingerprint density at radius 2 is 1.96 bits per heavy atom. The maximum atomic E-state index is 12.3. The lowest BCUT2D eigenvalue weighted by atomic mass is 10.2. The van der Waals surface area contributed by atoms with E-state index in [1.165, 1.54) is 11.3 Å². The molecule has 1 aromatic carbocycles. The van der Waals surface area contributed by atoms with Crippen LogP contribution >= 0.6 is 11.3 Å². The molecule has 1 atom stereocenters. The van der Waals surface area contributed by atoms with Crippen LogP contribution in [0.3, 0.4) is 0 Å². The number of ether oxygens (including phenoxy) is 1. The van der Waals surface area contributed by atoms with E-state index < -0.39 is 10.8 Å². The fraction of sp³-hybridized carbons (Fsp3) is 0.353. The SMILES string of the molecule is CCOC(=O)Cc1csc(NC(=O)c2ccc(S(=O)C(C)C)cc2)n1. The largest absolute Gasteiger partial charge is 0.466 e. The van der Waals surface area contributed by atoms with Gasteiger partial charge in [0.1, 0.15) is 0 Å². The summed E-state index contributed by atoms with van der Waals surface area (Å²) in [5.74, 6) is -0.654. The van der Waals surface area contributed by atoms with Gasteiger partial charge in [0.2, 0.25) is 0 Å². The highest BCUT2D eigenvalue weighted by molar-refractivity contribution is 7.85. The summed E-state index contributed by atoms with van der Waals surface area (Å²) in [4.78, 5) is 28.6. The van der Waals surface area contributed by atoms with Crippen LogP contribution in [0.15, 0.2) is 34.5 Å². The number of anilines is 1. The third-order valence-electron chi connectivity index (χ3n) is 3.18. The predicted octanol–water partition coefficient (Wildman–Crippen LogP) is 3.02. The molecule has 0 fully saturated rings. The second-order valence-corrected chi connectivity index (χ2v) is 8.32. The van der Waals surface area contributed by atoms with Gasteiger partial charge in [0.25, 0.3) is 5.91 Å². The summed E-state index contributed by atoms with van der Waals surface area (Å²) in [6, 6.07) is 6.66. The smallest absolute Gasteiger partial charge is 0.311 e. The lowest BCUT2D eigenvalue weighted by Crippen LogP contribution is -2.13. The Morgan fingerprint density at radius 3 is 2.56 bits per heavy atom. The molecule has 2 aromatic rings. The zero-order valence-corrected chi connectivity index (χ0v) is 15.9. The third kappa shape index (κ3) is 5.47. The van der Waals surface area contributed by atoms with E-state index in [-0.39, 0.29) is 23.5 Å². The predicted molar refractivity (Wildman–Crippen MR) is 98.4 cm³/mol. The molecule has 0 saturated heterocycles. The van der Waals surface area contributed by atoms with Crippen molar-refractivity contribution >= 4 is 39.1 Å². The molecule has 0 bridgehead atoms. The Bertz CT molecular complexity index is 769. The topological polar surface area (TPSA) is 85.4 Å². The Labute approximate surface area is 153 Å². The van der Waals surface area contributed by atoms with E-state index in [0.29, 0.717) is 27.9 Å². The Morgan fingerprint density at radius 1 is 1.28 bits per heavy atom. The maximum absolute atomic E-state index is 12.3. The highest BCUT2D eigenvalue weighted by Crippen LogP contribution is 2.18. The number of hydrogen-bond acceptors (Lipinski definition) is 6. The van der Waals surface area contributed by atoms with Gasteiger partial charge in [-0.2, -0.15) is 0 Å². The lowest BCUT2D eigenvalue weighted by molar-refractivity contribution is -0.142. The van der Waals surface area contributed by atoms with Gasteiger partial charge in [-0.15, -0.1) is 11.3 Å². The molecule has 25 heavy (non-hydrogen) atoms. The summed E-state index contributed by atoms with van der Waals surface area (Å²) < 4.78 is 16.9. The molecule has 1 unspecified atom stereocenters. The summed E-state index contributed by atoms with van der Waals surface area (Å²) in [6.45, 7) is 5.83. The minimum absolute atomic E-state index is 0.0211. The minimum Gasteiger partial charge on any atom is -0.466 e. The van der Waals surface area contributed by atoms with E-state index in [0.717, 1.165) is 0 Å². The summed E-state index contributed by atoms with van der Waals surface area (Å²) in [7, 11) is -1.08. The molecule has 0 saturated carbocycles. The fourth-order valence-electron chi connectivity index (χ4n) is 1.99. The normalized spacial score (nSPS) is 12.0. The Kier molecular flexibility index (Phi) is 6.83. The molecule has 1 amide bonds. The Balaban J connectivity index is 1.99. The van der Waals surface area contributed by atoms with Gasteiger partial charge < -0.3 is 4.74 Å². The minimum atomic E-state index is -1.08. The number of benzene rings is 1. The third-order valence-corrected chi connectivity index (χ3v) is 5.58. The van der Waals surface area contributed by atoms with E-state index in [4.69, 9.17) is 4.74 Å². The van der Waals surface area contributed by atoms with E-state index in [9.17, 15) is 13.8 Å². The second-order valence-electron chi connectivity index (χ2n) is 5.45. The molecule has 0 radical (unpaired) electrons. The highest BCUT2D eigenvalue weighted by atomic mass is 32.2. The van der Waals surface area contributed by atoms with E-state index in [1.807, 2.05) is 13.8 Å². The van der Waals surface area contributed by atoms with Crippen molar-refractivity contribution in [3.8, 4) is 0 Å². The van der Waals surface area contributed by atoms with Crippen LogP contribution in [-0.2, 0) is 26.8 Å². The van der Waals surface area contributed by atoms with Gasteiger partial charge in [0, 0.05) is 21.1 Å². The van der Waals surface area contributed by atoms with Gasteiger partial charge in [-0.3, -0.25) is 19.1 Å². The molecule has 134 valence electrons. The average Bonchev–Trinajstić information content (AvgIpc) is 3.01. The molecular weight excluding hydrogens is 360 g/mol. The maximum Gasteiger partial charge on any atom is 0.311 e. The summed E-state index contributed by atoms with van der Waals surface area (Å²) in [6.07, 6.45) is 0.0793. The van der Waals surface area contributed by atoms with E-state index >= 15 is 0 Å². The summed E-state index contributed by atoms with van der Waals surface area (Å²) in [5, 5.41) is 4.84. The second kappa shape index (κ2) is 8.87. The number of amides is 1. The van der Waals surface area contributed by atoms with Crippen molar-refractivity contribution in [3.05, 3.63) is 40.9 Å². The molecular formula is C17H20N2O4S2. The van der Waals surface area contributed by atoms with Gasteiger partial charge in [-0.05, 0) is 31.2 Å². The van der Waals surface area contributed by atoms with Gasteiger partial charge in [0.15, 0.2) is 5.13 Å². The number of nitrogens with zero attached hydrogens (tertiary/aromatic N) is 1. The van der Waals surface area contributed by atoms with Gasteiger partial charge in [-0.1, -0.05) is 13.8 Å². The molecule has 1 aromatic heterocycles. The van der Waals surface area contributed by atoms with Crippen molar-refractivity contribution in [1.29, 1.82) is 0 Å². The average molecular weight is 380 g/mol. The van der Waals surface area contributed by atoms with Crippen LogP contribution in [-0.4, -0.2) is 32.9 Å². The first-order valence-electron chi connectivity index (χ1n) is 7.82. The number of carbonyl (C=O) groups excluding carboxylic acids is 2. The highest BCUT2D eigenvalue weighted by Gasteiger charge is 2.13. The fourth-order valence-corrected chi connectivity index (χ4v) is 3.64. The summed E-state index contributed by atoms with van der Waals surface area (Å²) >= 11 is 1.25. The van der Waals surface area contributed by atoms with Gasteiger partial charge in [-0.25, -0.2) is 4.98 Å². The van der Waals surface area contributed by atoms with Crippen molar-refractivity contribution in [1.82, 2.24) is 4.98 Å². The van der Waals surface area contributed by atoms with Crippen LogP contribution in [0.2, 0.25) is 0 Å². The first-order chi connectivity index (χ1) is 11.9. The molecule has 0 aliphatic rings. The molecule has 6 nitrogen and oxygen atoms in total. The number of aromatic nitrogens is 1. The van der Waals surface area contributed by atoms with Crippen molar-refractivity contribution in [3.63, 3.8) is 0 Å². The zero-order chi connectivity index (χ0) is 18.4. The van der Waals surface area contributed by atoms with Crippen molar-refractivity contribution in [2.75, 3.05) is 11.9 Å². The molecule has 0 aliphatic carbocycles. The van der Waals surface area contributed by atoms with Crippen LogP contribution in [0, 0.1) is 0 Å². The van der Waals surface area contributed by atoms with Crippen molar-refractivity contribution < 1.29 is 18.5 Å². The number of carbonyl (C=O) groups is 2. The van der Waals surface area contributed by atoms with Gasteiger partial charge in [0.05, 0.1) is 29.5 Å². The number of thiazole rings is 1. The standard InChI is InChI=1S/C17H20N2O4S2/c1-4-23-15(20)9-13-10-24-17(18-13)19-16(21)12-5-7-14(8-6-12)25(22)11(2)3/h5-8,10-11H,4,9H2,1-3H3,(H,18,19,21). The van der Waals surface area contributed by atoms with Gasteiger partial charge >= 0.3 is 5.97 Å². The van der Waals surface area contributed by atoms with Crippen LogP contribution < -0.4 is 5.32 Å². The van der Waals surface area contributed by atoms with Crippen LogP contribution in [0.5, 0.6) is 0 Å². The molecule has 1 heterocycles. The van der Waals surface area contributed by atoms with E-state index in [1.54, 1.807) is 36.6 Å². The van der Waals surface area contributed by atoms with Crippen LogP contribution in [0.4, 0.5) is 5.13 Å². The number of esters is 1. The number of hydrogen-bond donors (Lipinski definition) is 1. The first-order valence-corrected chi connectivity index (χ1v) is 9.92. The number of nitrogens with one attached hydrogen (secondary N) is 1. The Hall–Kier alpha value is -2.06. The van der Waals surface area contributed by atoms with Crippen molar-refractivity contribution in [2.45, 2.75) is 37.3 Å². The molecule has 8 heteroatoms. The number of rotatable bonds is 7. The molecule has 2 rings (SSSR count). The first kappa shape index (κ1) is 19.3. The quantitative estimate of drug-likeness (QED) is 0.746. The zero-order valence-electron chi connectivity index (χ0n) is 14.3. The van der Waals surface area contributed by atoms with Crippen LogP contribution in [0.25, 0.3) is 0 Å². The molecule has 0 spiro atoms. The lowest BCUT2D eigenvalue weighted by Gasteiger charge is -2.06. The summed E-state index contributed by atoms with van der Waals surface area (Å²) in [5.41, 5.74) is 1.01. The van der Waals surface area contributed by atoms with Crippen molar-refractivity contribution in [2.24, 2.45) is 0 Å². The molecule has 0 aliphatic heterocycles.